The van der Waals surface area contributed by atoms with Crippen molar-refractivity contribution in [2.24, 2.45) is 5.92 Å². The molecule has 1 fully saturated rings. The van der Waals surface area contributed by atoms with Crippen LogP contribution in [-0.2, 0) is 16.0 Å². The second-order valence-electron chi connectivity index (χ2n) is 7.67. The van der Waals surface area contributed by atoms with Gasteiger partial charge in [0.25, 0.3) is 0 Å². The van der Waals surface area contributed by atoms with Crippen molar-refractivity contribution in [1.29, 1.82) is 0 Å². The number of carbonyl (C=O) groups excluding carboxylic acids is 2. The van der Waals surface area contributed by atoms with E-state index in [1.54, 1.807) is 12.0 Å². The van der Waals surface area contributed by atoms with Crippen molar-refractivity contribution in [3.8, 4) is 5.75 Å². The lowest BCUT2D eigenvalue weighted by Crippen LogP contribution is -2.28. The molecule has 0 spiro atoms. The quantitative estimate of drug-likeness (QED) is 0.636. The zero-order valence-corrected chi connectivity index (χ0v) is 18.5. The number of hydrogen-bond acceptors (Lipinski definition) is 6. The summed E-state index contributed by atoms with van der Waals surface area (Å²) in [6, 6.07) is 13.7. The molecule has 1 aromatic heterocycles. The lowest BCUT2D eigenvalue weighted by molar-refractivity contribution is -0.122. The van der Waals surface area contributed by atoms with Crippen LogP contribution in [0.3, 0.4) is 0 Å². The van der Waals surface area contributed by atoms with Gasteiger partial charge < -0.3 is 15.0 Å². The molecule has 1 aliphatic rings. The number of anilines is 2. The van der Waals surface area contributed by atoms with Crippen LogP contribution in [0.1, 0.15) is 28.1 Å². The molecule has 7 nitrogen and oxygen atoms in total. The second-order valence-corrected chi connectivity index (χ2v) is 8.74. The third kappa shape index (κ3) is 4.59. The lowest BCUT2D eigenvalue weighted by atomic mass is 10.1. The molecule has 2 amide bonds. The monoisotopic (exact) mass is 436 g/mol. The first-order valence-corrected chi connectivity index (χ1v) is 10.9. The van der Waals surface area contributed by atoms with E-state index >= 15 is 0 Å². The smallest absolute Gasteiger partial charge is 0.231 e. The van der Waals surface area contributed by atoms with Crippen LogP contribution >= 0.6 is 11.3 Å². The van der Waals surface area contributed by atoms with Gasteiger partial charge in [-0.2, -0.15) is 0 Å². The topological polar surface area (TPSA) is 84.4 Å². The minimum Gasteiger partial charge on any atom is -0.496 e. The highest BCUT2D eigenvalue weighted by molar-refractivity contribution is 7.15. The number of rotatable bonds is 6. The highest BCUT2D eigenvalue weighted by atomic mass is 32.1. The number of methoxy groups -OCH3 is 1. The molecular weight excluding hydrogens is 412 g/mol. The van der Waals surface area contributed by atoms with Gasteiger partial charge >= 0.3 is 0 Å². The molecule has 1 saturated heterocycles. The fraction of sp³-hybridized carbons (Fsp3) is 0.304. The van der Waals surface area contributed by atoms with Crippen molar-refractivity contribution in [3.63, 3.8) is 0 Å². The molecule has 160 valence electrons. The molecule has 1 atom stereocenters. The average Bonchev–Trinajstić information content (AvgIpc) is 3.36. The predicted molar refractivity (Wildman–Crippen MR) is 121 cm³/mol. The van der Waals surface area contributed by atoms with Crippen LogP contribution in [0.5, 0.6) is 5.75 Å². The summed E-state index contributed by atoms with van der Waals surface area (Å²) in [5.41, 5.74) is 3.97. The summed E-state index contributed by atoms with van der Waals surface area (Å²) in [4.78, 5) is 27.1. The SMILES string of the molecule is COc1ccccc1Cc1nnc(NC(=O)C2CC(=O)N(c3cc(C)ccc3C)C2)s1. The van der Waals surface area contributed by atoms with E-state index in [0.29, 0.717) is 18.1 Å². The average molecular weight is 437 g/mol. The molecule has 3 aromatic rings. The Morgan fingerprint density at radius 1 is 1.23 bits per heavy atom. The zero-order chi connectivity index (χ0) is 22.0. The van der Waals surface area contributed by atoms with E-state index in [9.17, 15) is 9.59 Å². The highest BCUT2D eigenvalue weighted by Gasteiger charge is 2.36. The van der Waals surface area contributed by atoms with Crippen molar-refractivity contribution in [3.05, 3.63) is 64.2 Å². The molecule has 0 bridgehead atoms. The summed E-state index contributed by atoms with van der Waals surface area (Å²) >= 11 is 1.33. The molecular formula is C23H24N4O3S. The van der Waals surface area contributed by atoms with E-state index in [1.165, 1.54) is 11.3 Å². The molecule has 1 unspecified atom stereocenters. The van der Waals surface area contributed by atoms with Gasteiger partial charge in [-0.25, -0.2) is 0 Å². The molecule has 31 heavy (non-hydrogen) atoms. The van der Waals surface area contributed by atoms with Crippen molar-refractivity contribution in [2.75, 3.05) is 23.9 Å². The molecule has 0 aliphatic carbocycles. The highest BCUT2D eigenvalue weighted by Crippen LogP contribution is 2.30. The lowest BCUT2D eigenvalue weighted by Gasteiger charge is -2.19. The van der Waals surface area contributed by atoms with Crippen LogP contribution in [0, 0.1) is 19.8 Å². The first kappa shape index (κ1) is 21.0. The Morgan fingerprint density at radius 3 is 2.84 bits per heavy atom. The minimum atomic E-state index is -0.422. The number of aromatic nitrogens is 2. The van der Waals surface area contributed by atoms with Crippen molar-refractivity contribution in [1.82, 2.24) is 10.2 Å². The fourth-order valence-corrected chi connectivity index (χ4v) is 4.49. The van der Waals surface area contributed by atoms with E-state index in [0.717, 1.165) is 33.1 Å². The number of amides is 2. The molecule has 1 N–H and O–H groups in total. The fourth-order valence-electron chi connectivity index (χ4n) is 3.72. The summed E-state index contributed by atoms with van der Waals surface area (Å²) in [6.07, 6.45) is 0.756. The van der Waals surface area contributed by atoms with Gasteiger partial charge in [-0.15, -0.1) is 10.2 Å². The van der Waals surface area contributed by atoms with E-state index < -0.39 is 5.92 Å². The minimum absolute atomic E-state index is 0.0389. The van der Waals surface area contributed by atoms with Gasteiger partial charge in [0.15, 0.2) is 0 Å². The zero-order valence-electron chi connectivity index (χ0n) is 17.7. The Balaban J connectivity index is 1.41. The van der Waals surface area contributed by atoms with Crippen molar-refractivity contribution >= 4 is 34.0 Å². The van der Waals surface area contributed by atoms with Crippen LogP contribution in [0.2, 0.25) is 0 Å². The van der Waals surface area contributed by atoms with E-state index in [1.807, 2.05) is 56.3 Å². The van der Waals surface area contributed by atoms with Crippen LogP contribution in [-0.4, -0.2) is 35.7 Å². The van der Waals surface area contributed by atoms with Crippen LogP contribution in [0.25, 0.3) is 0 Å². The molecule has 0 radical (unpaired) electrons. The molecule has 2 heterocycles. The summed E-state index contributed by atoms with van der Waals surface area (Å²) in [5.74, 6) is 0.123. The van der Waals surface area contributed by atoms with Crippen molar-refractivity contribution < 1.29 is 14.3 Å². The summed E-state index contributed by atoms with van der Waals surface area (Å²) < 4.78 is 5.38. The second kappa shape index (κ2) is 8.85. The number of ether oxygens (including phenoxy) is 1. The number of aryl methyl sites for hydroxylation is 2. The molecule has 2 aromatic carbocycles. The number of nitrogens with one attached hydrogen (secondary N) is 1. The maximum absolute atomic E-state index is 12.8. The van der Waals surface area contributed by atoms with E-state index in [2.05, 4.69) is 15.5 Å². The van der Waals surface area contributed by atoms with Crippen LogP contribution in [0.15, 0.2) is 42.5 Å². The first-order valence-electron chi connectivity index (χ1n) is 10.1. The predicted octanol–water partition coefficient (Wildman–Crippen LogP) is 3.75. The molecule has 0 saturated carbocycles. The maximum Gasteiger partial charge on any atom is 0.231 e. The van der Waals surface area contributed by atoms with Gasteiger partial charge in [-0.1, -0.05) is 41.7 Å². The number of para-hydroxylation sites is 1. The Bertz CT molecular complexity index is 1130. The standard InChI is InChI=1S/C23H24N4O3S/c1-14-8-9-15(2)18(10-14)27-13-17(12-21(27)28)22(29)24-23-26-25-20(31-23)11-16-6-4-5-7-19(16)30-3/h4-10,17H,11-13H2,1-3H3,(H,24,26,29). The van der Waals surface area contributed by atoms with Gasteiger partial charge in [0, 0.05) is 30.6 Å². The first-order chi connectivity index (χ1) is 14.9. The third-order valence-electron chi connectivity index (χ3n) is 5.38. The Morgan fingerprint density at radius 2 is 2.03 bits per heavy atom. The maximum atomic E-state index is 12.8. The summed E-state index contributed by atoms with van der Waals surface area (Å²) in [6.45, 7) is 4.33. The van der Waals surface area contributed by atoms with Gasteiger partial charge in [-0.3, -0.25) is 9.59 Å². The van der Waals surface area contributed by atoms with Gasteiger partial charge in [-0.05, 0) is 37.1 Å². The van der Waals surface area contributed by atoms with Gasteiger partial charge in [0.2, 0.25) is 16.9 Å². The summed E-state index contributed by atoms with van der Waals surface area (Å²) in [5, 5.41) is 12.3. The number of benzene rings is 2. The largest absolute Gasteiger partial charge is 0.496 e. The van der Waals surface area contributed by atoms with Gasteiger partial charge in [0.1, 0.15) is 10.8 Å². The molecule has 8 heteroatoms. The van der Waals surface area contributed by atoms with E-state index in [4.69, 9.17) is 4.74 Å². The number of carbonyl (C=O) groups is 2. The third-order valence-corrected chi connectivity index (χ3v) is 6.22. The summed E-state index contributed by atoms with van der Waals surface area (Å²) in [7, 11) is 1.63. The van der Waals surface area contributed by atoms with Crippen molar-refractivity contribution in [2.45, 2.75) is 26.7 Å². The number of nitrogens with zero attached hydrogens (tertiary/aromatic N) is 3. The Labute approximate surface area is 185 Å². The van der Waals surface area contributed by atoms with Crippen LogP contribution in [0.4, 0.5) is 10.8 Å². The Hall–Kier alpha value is -3.26. The molecule has 1 aliphatic heterocycles. The Kier molecular flexibility index (Phi) is 5.99. The van der Waals surface area contributed by atoms with E-state index in [-0.39, 0.29) is 18.2 Å². The molecule has 4 rings (SSSR count). The van der Waals surface area contributed by atoms with Crippen LogP contribution < -0.4 is 15.0 Å². The normalized spacial score (nSPS) is 15.9. The number of hydrogen-bond donors (Lipinski definition) is 1. The van der Waals surface area contributed by atoms with Gasteiger partial charge in [0.05, 0.1) is 13.0 Å².